The van der Waals surface area contributed by atoms with Crippen LogP contribution >= 0.6 is 0 Å². The van der Waals surface area contributed by atoms with Crippen LogP contribution in [-0.2, 0) is 16.1 Å². The third-order valence-corrected chi connectivity index (χ3v) is 3.69. The zero-order chi connectivity index (χ0) is 15.5. The van der Waals surface area contributed by atoms with Crippen LogP contribution in [-0.4, -0.2) is 29.9 Å². The predicted molar refractivity (Wildman–Crippen MR) is 79.6 cm³/mol. The number of hydrogen-bond acceptors (Lipinski definition) is 4. The van der Waals surface area contributed by atoms with E-state index in [1.165, 1.54) is 4.90 Å². The number of hydrogen-bond donors (Lipinski definition) is 1. The van der Waals surface area contributed by atoms with E-state index in [9.17, 15) is 9.59 Å². The van der Waals surface area contributed by atoms with Crippen molar-refractivity contribution >= 4 is 11.8 Å². The number of likely N-dealkylation sites (tertiary alicyclic amines) is 1. The van der Waals surface area contributed by atoms with Crippen LogP contribution < -0.4 is 10.5 Å². The summed E-state index contributed by atoms with van der Waals surface area (Å²) in [7, 11) is 0. The van der Waals surface area contributed by atoms with E-state index in [0.717, 1.165) is 11.3 Å². The van der Waals surface area contributed by atoms with Gasteiger partial charge in [-0.1, -0.05) is 32.0 Å². The van der Waals surface area contributed by atoms with Gasteiger partial charge in [0, 0.05) is 25.1 Å². The van der Waals surface area contributed by atoms with E-state index in [4.69, 9.17) is 10.5 Å². The molecule has 0 radical (unpaired) electrons. The van der Waals surface area contributed by atoms with E-state index in [-0.39, 0.29) is 11.8 Å². The van der Waals surface area contributed by atoms with E-state index in [0.29, 0.717) is 32.5 Å². The summed E-state index contributed by atoms with van der Waals surface area (Å²) in [6.45, 7) is 4.90. The second-order valence-corrected chi connectivity index (χ2v) is 5.93. The Labute approximate surface area is 125 Å². The SMILES string of the molecule is CC1(C)CC(=O)N(CCCOc2ccccc2CN)C1=O. The van der Waals surface area contributed by atoms with Gasteiger partial charge in [-0.05, 0) is 12.5 Å². The number of benzene rings is 1. The number of nitrogens with zero attached hydrogens (tertiary/aromatic N) is 1. The van der Waals surface area contributed by atoms with Crippen LogP contribution in [0.3, 0.4) is 0 Å². The molecule has 0 atom stereocenters. The highest BCUT2D eigenvalue weighted by Gasteiger charge is 2.44. The molecule has 5 heteroatoms. The first-order chi connectivity index (χ1) is 9.95. The Kier molecular flexibility index (Phi) is 4.63. The van der Waals surface area contributed by atoms with Gasteiger partial charge in [0.05, 0.1) is 12.0 Å². The van der Waals surface area contributed by atoms with Gasteiger partial charge in [-0.15, -0.1) is 0 Å². The van der Waals surface area contributed by atoms with Crippen molar-refractivity contribution in [2.45, 2.75) is 33.2 Å². The zero-order valence-electron chi connectivity index (χ0n) is 12.6. The lowest BCUT2D eigenvalue weighted by atomic mass is 9.92. The van der Waals surface area contributed by atoms with Crippen molar-refractivity contribution in [1.29, 1.82) is 0 Å². The van der Waals surface area contributed by atoms with Crippen LogP contribution in [0.25, 0.3) is 0 Å². The average Bonchev–Trinajstić information content (AvgIpc) is 2.65. The summed E-state index contributed by atoms with van der Waals surface area (Å²) in [5, 5.41) is 0. The Morgan fingerprint density at radius 1 is 1.29 bits per heavy atom. The van der Waals surface area contributed by atoms with E-state index < -0.39 is 5.41 Å². The first-order valence-corrected chi connectivity index (χ1v) is 7.21. The molecule has 0 spiro atoms. The van der Waals surface area contributed by atoms with Crippen LogP contribution in [0, 0.1) is 5.41 Å². The molecule has 1 heterocycles. The largest absolute Gasteiger partial charge is 0.493 e. The topological polar surface area (TPSA) is 72.6 Å². The Bertz CT molecular complexity index is 540. The number of ether oxygens (including phenoxy) is 1. The highest BCUT2D eigenvalue weighted by Crippen LogP contribution is 2.31. The lowest BCUT2D eigenvalue weighted by molar-refractivity contribution is -0.140. The van der Waals surface area contributed by atoms with E-state index >= 15 is 0 Å². The normalized spacial score (nSPS) is 17.4. The molecule has 2 N–H and O–H groups in total. The van der Waals surface area contributed by atoms with Gasteiger partial charge < -0.3 is 10.5 Å². The summed E-state index contributed by atoms with van der Waals surface area (Å²) in [5.41, 5.74) is 6.03. The smallest absolute Gasteiger partial charge is 0.235 e. The summed E-state index contributed by atoms with van der Waals surface area (Å²) in [6.07, 6.45) is 0.912. The molecule has 0 aliphatic carbocycles. The monoisotopic (exact) mass is 290 g/mol. The number of imide groups is 1. The van der Waals surface area contributed by atoms with Gasteiger partial charge in [-0.3, -0.25) is 14.5 Å². The minimum atomic E-state index is -0.565. The molecule has 2 amide bonds. The van der Waals surface area contributed by atoms with E-state index in [2.05, 4.69) is 0 Å². The molecule has 0 saturated carbocycles. The second-order valence-electron chi connectivity index (χ2n) is 5.93. The Hall–Kier alpha value is -1.88. The maximum absolute atomic E-state index is 12.0. The lowest BCUT2D eigenvalue weighted by Gasteiger charge is -2.18. The van der Waals surface area contributed by atoms with Crippen molar-refractivity contribution in [3.8, 4) is 5.75 Å². The fourth-order valence-corrected chi connectivity index (χ4v) is 2.47. The summed E-state index contributed by atoms with van der Waals surface area (Å²) in [6, 6.07) is 7.60. The molecule has 5 nitrogen and oxygen atoms in total. The van der Waals surface area contributed by atoms with Crippen LogP contribution in [0.1, 0.15) is 32.3 Å². The van der Waals surface area contributed by atoms with Gasteiger partial charge in [0.15, 0.2) is 0 Å². The highest BCUT2D eigenvalue weighted by molar-refractivity contribution is 6.05. The van der Waals surface area contributed by atoms with E-state index in [1.54, 1.807) is 13.8 Å². The zero-order valence-corrected chi connectivity index (χ0v) is 12.6. The minimum Gasteiger partial charge on any atom is -0.493 e. The van der Waals surface area contributed by atoms with Gasteiger partial charge in [-0.25, -0.2) is 0 Å². The number of amides is 2. The molecule has 1 aromatic rings. The van der Waals surface area contributed by atoms with Crippen molar-refractivity contribution < 1.29 is 14.3 Å². The number of carbonyl (C=O) groups excluding carboxylic acids is 2. The van der Waals surface area contributed by atoms with Crippen LogP contribution in [0.5, 0.6) is 5.75 Å². The van der Waals surface area contributed by atoms with Crippen molar-refractivity contribution in [2.24, 2.45) is 11.1 Å². The number of para-hydroxylation sites is 1. The third-order valence-electron chi connectivity index (χ3n) is 3.69. The fourth-order valence-electron chi connectivity index (χ4n) is 2.47. The van der Waals surface area contributed by atoms with Crippen LogP contribution in [0.4, 0.5) is 0 Å². The predicted octanol–water partition coefficient (Wildman–Crippen LogP) is 1.70. The van der Waals surface area contributed by atoms with E-state index in [1.807, 2.05) is 24.3 Å². The van der Waals surface area contributed by atoms with Gasteiger partial charge in [0.1, 0.15) is 5.75 Å². The summed E-state index contributed by atoms with van der Waals surface area (Å²) < 4.78 is 5.68. The fraction of sp³-hybridized carbons (Fsp3) is 0.500. The molecule has 2 rings (SSSR count). The van der Waals surface area contributed by atoms with Gasteiger partial charge in [-0.2, -0.15) is 0 Å². The molecule has 0 aromatic heterocycles. The highest BCUT2D eigenvalue weighted by atomic mass is 16.5. The minimum absolute atomic E-state index is 0.0881. The first kappa shape index (κ1) is 15.5. The Balaban J connectivity index is 1.83. The summed E-state index contributed by atoms with van der Waals surface area (Å²) in [5.74, 6) is 0.585. The summed E-state index contributed by atoms with van der Waals surface area (Å²) in [4.78, 5) is 25.2. The molecular formula is C16H22N2O3. The molecule has 1 saturated heterocycles. The maximum Gasteiger partial charge on any atom is 0.235 e. The number of rotatable bonds is 6. The molecule has 1 aliphatic rings. The quantitative estimate of drug-likeness (QED) is 0.639. The molecule has 1 fully saturated rings. The maximum atomic E-state index is 12.0. The molecule has 0 bridgehead atoms. The Morgan fingerprint density at radius 2 is 2.00 bits per heavy atom. The van der Waals surface area contributed by atoms with Crippen LogP contribution in [0.15, 0.2) is 24.3 Å². The van der Waals surface area contributed by atoms with Crippen molar-refractivity contribution in [1.82, 2.24) is 4.90 Å². The standard InChI is InChI=1S/C16H22N2O3/c1-16(2)10-14(19)18(15(16)20)8-5-9-21-13-7-4-3-6-12(13)11-17/h3-4,6-7H,5,8-11,17H2,1-2H3. The van der Waals surface area contributed by atoms with Gasteiger partial charge >= 0.3 is 0 Å². The van der Waals surface area contributed by atoms with Gasteiger partial charge in [0.25, 0.3) is 0 Å². The van der Waals surface area contributed by atoms with Crippen molar-refractivity contribution in [3.05, 3.63) is 29.8 Å². The third kappa shape index (κ3) is 3.42. The molecule has 21 heavy (non-hydrogen) atoms. The van der Waals surface area contributed by atoms with Crippen molar-refractivity contribution in [3.63, 3.8) is 0 Å². The second kappa shape index (κ2) is 6.26. The average molecular weight is 290 g/mol. The molecule has 114 valence electrons. The number of carbonyl (C=O) groups is 2. The summed E-state index contributed by atoms with van der Waals surface area (Å²) >= 11 is 0. The van der Waals surface area contributed by atoms with Crippen molar-refractivity contribution in [2.75, 3.05) is 13.2 Å². The van der Waals surface area contributed by atoms with Crippen LogP contribution in [0.2, 0.25) is 0 Å². The molecule has 1 aliphatic heterocycles. The first-order valence-electron chi connectivity index (χ1n) is 7.21. The molecule has 0 unspecified atom stereocenters. The van der Waals surface area contributed by atoms with Gasteiger partial charge in [0.2, 0.25) is 11.8 Å². The molecule has 1 aromatic carbocycles. The lowest BCUT2D eigenvalue weighted by Crippen LogP contribution is -2.34. The number of nitrogens with two attached hydrogens (primary N) is 1. The Morgan fingerprint density at radius 3 is 2.62 bits per heavy atom. The molecular weight excluding hydrogens is 268 g/mol.